The number of aromatic nitrogens is 1. The quantitative estimate of drug-likeness (QED) is 0.840. The number of carbonyl (C=O) groups is 1. The molecule has 116 valence electrons. The molecule has 0 aliphatic rings. The Morgan fingerprint density at radius 2 is 1.91 bits per heavy atom. The van der Waals surface area contributed by atoms with Crippen molar-refractivity contribution in [2.75, 3.05) is 6.54 Å². The number of benzene rings is 1. The summed E-state index contributed by atoms with van der Waals surface area (Å²) in [6, 6.07) is 9.46. The second-order valence-corrected chi connectivity index (χ2v) is 6.34. The summed E-state index contributed by atoms with van der Waals surface area (Å²) in [6.07, 6.45) is 3.33. The topological polar surface area (TPSA) is 88.2 Å². The number of rotatable bonds is 6. The number of amides is 1. The molecule has 6 nitrogen and oxygen atoms in total. The molecule has 7 heteroatoms. The highest BCUT2D eigenvalue weighted by Crippen LogP contribution is 2.10. The summed E-state index contributed by atoms with van der Waals surface area (Å²) in [5.41, 5.74) is 1.29. The van der Waals surface area contributed by atoms with Gasteiger partial charge in [-0.25, -0.2) is 13.1 Å². The fourth-order valence-corrected chi connectivity index (χ4v) is 2.89. The van der Waals surface area contributed by atoms with Crippen molar-refractivity contribution >= 4 is 15.9 Å². The lowest BCUT2D eigenvalue weighted by atomic mass is 10.2. The van der Waals surface area contributed by atoms with Gasteiger partial charge in [0.25, 0.3) is 5.91 Å². The summed E-state index contributed by atoms with van der Waals surface area (Å²) in [4.78, 5) is 16.1. The van der Waals surface area contributed by atoms with Crippen LogP contribution in [0.15, 0.2) is 53.7 Å². The zero-order valence-electron chi connectivity index (χ0n) is 12.1. The van der Waals surface area contributed by atoms with Crippen LogP contribution in [0, 0.1) is 0 Å². The molecule has 0 spiro atoms. The summed E-state index contributed by atoms with van der Waals surface area (Å²) in [5, 5.41) is 2.75. The number of hydrogen-bond acceptors (Lipinski definition) is 4. The minimum atomic E-state index is -3.50. The van der Waals surface area contributed by atoms with E-state index in [9.17, 15) is 13.2 Å². The van der Waals surface area contributed by atoms with E-state index >= 15 is 0 Å². The molecule has 22 heavy (non-hydrogen) atoms. The average molecular weight is 319 g/mol. The van der Waals surface area contributed by atoms with Crippen molar-refractivity contribution in [2.45, 2.75) is 18.4 Å². The van der Waals surface area contributed by atoms with Gasteiger partial charge in [-0.1, -0.05) is 13.0 Å². The first-order valence-corrected chi connectivity index (χ1v) is 8.28. The molecular weight excluding hydrogens is 302 g/mol. The Balaban J connectivity index is 2.02. The van der Waals surface area contributed by atoms with Crippen molar-refractivity contribution in [1.29, 1.82) is 0 Å². The summed E-state index contributed by atoms with van der Waals surface area (Å²) in [5.74, 6) is -0.267. The minimum absolute atomic E-state index is 0.137. The van der Waals surface area contributed by atoms with Crippen molar-refractivity contribution < 1.29 is 13.2 Å². The summed E-state index contributed by atoms with van der Waals surface area (Å²) < 4.78 is 26.0. The normalized spacial score (nSPS) is 11.1. The lowest BCUT2D eigenvalue weighted by Gasteiger charge is -2.07. The Hall–Kier alpha value is -2.25. The van der Waals surface area contributed by atoms with Gasteiger partial charge in [0.15, 0.2) is 0 Å². The van der Waals surface area contributed by atoms with Gasteiger partial charge in [-0.05, 0) is 35.9 Å². The molecule has 0 unspecified atom stereocenters. The van der Waals surface area contributed by atoms with Gasteiger partial charge in [0.2, 0.25) is 10.0 Å². The Morgan fingerprint density at radius 3 is 2.50 bits per heavy atom. The number of carbonyl (C=O) groups excluding carboxylic acids is 1. The van der Waals surface area contributed by atoms with Crippen LogP contribution in [0.2, 0.25) is 0 Å². The third-order valence-corrected chi connectivity index (χ3v) is 4.50. The molecule has 1 amide bonds. The van der Waals surface area contributed by atoms with Gasteiger partial charge in [-0.3, -0.25) is 9.78 Å². The van der Waals surface area contributed by atoms with Crippen LogP contribution in [0.5, 0.6) is 0 Å². The van der Waals surface area contributed by atoms with E-state index < -0.39 is 10.0 Å². The first-order valence-electron chi connectivity index (χ1n) is 6.80. The van der Waals surface area contributed by atoms with Crippen LogP contribution in [0.4, 0.5) is 0 Å². The number of nitrogens with zero attached hydrogens (tertiary/aromatic N) is 1. The Labute approximate surface area is 129 Å². The molecule has 0 saturated heterocycles. The van der Waals surface area contributed by atoms with Gasteiger partial charge >= 0.3 is 0 Å². The maximum absolute atomic E-state index is 12.0. The molecule has 0 aliphatic heterocycles. The van der Waals surface area contributed by atoms with Gasteiger partial charge in [0, 0.05) is 31.0 Å². The molecule has 2 aromatic rings. The van der Waals surface area contributed by atoms with Crippen LogP contribution in [0.1, 0.15) is 22.8 Å². The molecule has 0 atom stereocenters. The van der Waals surface area contributed by atoms with E-state index in [1.165, 1.54) is 24.3 Å². The van der Waals surface area contributed by atoms with Crippen LogP contribution >= 0.6 is 0 Å². The van der Waals surface area contributed by atoms with E-state index in [1.54, 1.807) is 25.4 Å². The lowest BCUT2D eigenvalue weighted by Crippen LogP contribution is -2.24. The number of hydrogen-bond donors (Lipinski definition) is 2. The molecule has 2 rings (SSSR count). The third kappa shape index (κ3) is 4.12. The van der Waals surface area contributed by atoms with Gasteiger partial charge in [-0.15, -0.1) is 0 Å². The number of sulfonamides is 1. The fraction of sp³-hybridized carbons (Fsp3) is 0.200. The van der Waals surface area contributed by atoms with E-state index in [0.29, 0.717) is 18.7 Å². The van der Waals surface area contributed by atoms with E-state index in [1.807, 2.05) is 6.07 Å². The first kappa shape index (κ1) is 16.1. The minimum Gasteiger partial charge on any atom is -0.348 e. The Morgan fingerprint density at radius 1 is 1.18 bits per heavy atom. The van der Waals surface area contributed by atoms with Crippen molar-refractivity contribution in [3.05, 3.63) is 59.9 Å². The Kier molecular flexibility index (Phi) is 5.24. The maximum Gasteiger partial charge on any atom is 0.251 e. The molecule has 1 heterocycles. The third-order valence-electron chi connectivity index (χ3n) is 2.94. The second-order valence-electron chi connectivity index (χ2n) is 4.57. The Bertz CT molecular complexity index is 728. The van der Waals surface area contributed by atoms with Crippen LogP contribution in [0.25, 0.3) is 0 Å². The SMILES string of the molecule is CCNS(=O)(=O)c1ccc(C(=O)NCc2cccnc2)cc1. The highest BCUT2D eigenvalue weighted by Gasteiger charge is 2.13. The van der Waals surface area contributed by atoms with Gasteiger partial charge in [0.1, 0.15) is 0 Å². The van der Waals surface area contributed by atoms with Crippen LogP contribution < -0.4 is 10.0 Å². The van der Waals surface area contributed by atoms with Crippen molar-refractivity contribution in [2.24, 2.45) is 0 Å². The molecule has 0 saturated carbocycles. The molecule has 0 fully saturated rings. The fourth-order valence-electron chi connectivity index (χ4n) is 1.85. The van der Waals surface area contributed by atoms with Crippen LogP contribution in [0.3, 0.4) is 0 Å². The zero-order chi connectivity index (χ0) is 16.0. The summed E-state index contributed by atoms with van der Waals surface area (Å²) >= 11 is 0. The lowest BCUT2D eigenvalue weighted by molar-refractivity contribution is 0.0951. The molecule has 0 bridgehead atoms. The van der Waals surface area contributed by atoms with Crippen molar-refractivity contribution in [3.8, 4) is 0 Å². The van der Waals surface area contributed by atoms with E-state index in [4.69, 9.17) is 0 Å². The zero-order valence-corrected chi connectivity index (χ0v) is 12.9. The largest absolute Gasteiger partial charge is 0.348 e. The second kappa shape index (κ2) is 7.15. The maximum atomic E-state index is 12.0. The molecule has 0 radical (unpaired) electrons. The first-order chi connectivity index (χ1) is 10.5. The predicted octanol–water partition coefficient (Wildman–Crippen LogP) is 1.31. The van der Waals surface area contributed by atoms with Crippen molar-refractivity contribution in [1.82, 2.24) is 15.0 Å². The molecular formula is C15H17N3O3S. The van der Waals surface area contributed by atoms with E-state index in [2.05, 4.69) is 15.0 Å². The van der Waals surface area contributed by atoms with E-state index in [0.717, 1.165) is 5.56 Å². The average Bonchev–Trinajstić information content (AvgIpc) is 2.54. The highest BCUT2D eigenvalue weighted by atomic mass is 32.2. The summed E-state index contributed by atoms with van der Waals surface area (Å²) in [7, 11) is -3.50. The molecule has 1 aromatic heterocycles. The smallest absolute Gasteiger partial charge is 0.251 e. The highest BCUT2D eigenvalue weighted by molar-refractivity contribution is 7.89. The number of nitrogens with one attached hydrogen (secondary N) is 2. The van der Waals surface area contributed by atoms with Crippen LogP contribution in [-0.4, -0.2) is 25.9 Å². The van der Waals surface area contributed by atoms with Gasteiger partial charge in [-0.2, -0.15) is 0 Å². The van der Waals surface area contributed by atoms with Gasteiger partial charge < -0.3 is 5.32 Å². The predicted molar refractivity (Wildman–Crippen MR) is 82.7 cm³/mol. The van der Waals surface area contributed by atoms with Crippen molar-refractivity contribution in [3.63, 3.8) is 0 Å². The molecule has 1 aromatic carbocycles. The molecule has 2 N–H and O–H groups in total. The van der Waals surface area contributed by atoms with E-state index in [-0.39, 0.29) is 10.8 Å². The van der Waals surface area contributed by atoms with Crippen LogP contribution in [-0.2, 0) is 16.6 Å². The standard InChI is InChI=1S/C15H17N3O3S/c1-2-18-22(20,21)14-7-5-13(6-8-14)15(19)17-11-12-4-3-9-16-10-12/h3-10,18H,2,11H2,1H3,(H,17,19). The number of pyridine rings is 1. The van der Waals surface area contributed by atoms with Gasteiger partial charge in [0.05, 0.1) is 4.90 Å². The molecule has 0 aliphatic carbocycles. The monoisotopic (exact) mass is 319 g/mol. The summed E-state index contributed by atoms with van der Waals surface area (Å²) in [6.45, 7) is 2.39.